The molecule has 1 fully saturated rings. The summed E-state index contributed by atoms with van der Waals surface area (Å²) in [5.41, 5.74) is 0.761. The second-order valence-corrected chi connectivity index (χ2v) is 18.2. The summed E-state index contributed by atoms with van der Waals surface area (Å²) >= 11 is 0. The lowest BCUT2D eigenvalue weighted by atomic mass is 9.89. The van der Waals surface area contributed by atoms with E-state index in [-0.39, 0.29) is 73.1 Å². The fourth-order valence-electron chi connectivity index (χ4n) is 9.09. The monoisotopic (exact) mass is 911 g/mol. The van der Waals surface area contributed by atoms with Crippen LogP contribution in [0.15, 0.2) is 42.5 Å². The number of likely N-dealkylation sites (tertiary alicyclic amines) is 1. The molecule has 1 aromatic rings. The Kier molecular flexibility index (Phi) is 21.3. The standard InChI is InChI=1S/C48H74N6O11/c1-12-31(6)43(52(9)47(61)41(29(2)3)50-46(60)42(30(4)5)51(8)37(55)22-16-17-25-54-38(56)23-24-39(54)57)36(64-10)28-40(58)53-26-18-21-35(53)44(65-11)32(7)45(59)49-34(48(62)63)27-33-19-14-13-15-20-33/h13-15,19-20,23-24,29-32,34-36,41-44H,12,16-18,21-22,25-28H2,1-11H3,(H,49,59)(H,50,60)(H,62,63)/t31-,32+,34-,35-,36+,41-,42?,43-,44+/m0/s1. The number of unbranched alkanes of at least 4 members (excludes halogenated alkanes) is 1. The number of carboxylic acid groups (broad SMARTS) is 1. The molecule has 1 aromatic carbocycles. The fraction of sp³-hybridized carbons (Fsp3) is 0.667. The molecule has 9 atom stereocenters. The smallest absolute Gasteiger partial charge is 0.326 e. The fourth-order valence-corrected chi connectivity index (χ4v) is 9.09. The number of hydrogen-bond donors (Lipinski definition) is 3. The minimum atomic E-state index is -1.16. The number of likely N-dealkylation sites (N-methyl/N-ethyl adjacent to an activating group) is 2. The SMILES string of the molecule is CC[C@H](C)[C@@H]([C@@H](CC(=O)N1CCC[C@H]1[C@H](OC)[C@@H](C)C(=O)N[C@@H](Cc1ccccc1)C(=O)O)OC)N(C)C(=O)[C@@H](NC(=O)C(C(C)C)N(C)C(=O)CCCCN1C(=O)C=CC1=O)C(C)C. The third kappa shape index (κ3) is 14.4. The molecule has 0 saturated carbocycles. The lowest BCUT2D eigenvalue weighted by molar-refractivity contribution is -0.149. The van der Waals surface area contributed by atoms with E-state index >= 15 is 0 Å². The van der Waals surface area contributed by atoms with Gasteiger partial charge in [-0.3, -0.25) is 38.5 Å². The molecular weight excluding hydrogens is 837 g/mol. The van der Waals surface area contributed by atoms with Gasteiger partial charge >= 0.3 is 5.97 Å². The van der Waals surface area contributed by atoms with Crippen LogP contribution in [0.5, 0.6) is 0 Å². The van der Waals surface area contributed by atoms with Crippen LogP contribution in [0.4, 0.5) is 0 Å². The molecule has 0 aliphatic carbocycles. The first-order valence-electron chi connectivity index (χ1n) is 23.0. The molecule has 362 valence electrons. The molecule has 0 bridgehead atoms. The van der Waals surface area contributed by atoms with E-state index in [1.165, 1.54) is 31.3 Å². The third-order valence-corrected chi connectivity index (χ3v) is 13.0. The van der Waals surface area contributed by atoms with E-state index in [9.17, 15) is 43.5 Å². The van der Waals surface area contributed by atoms with Crippen molar-refractivity contribution in [1.29, 1.82) is 0 Å². The normalized spacial score (nSPS) is 18.8. The minimum absolute atomic E-state index is 0.0859. The van der Waals surface area contributed by atoms with E-state index in [1.807, 2.05) is 47.6 Å². The number of hydrogen-bond acceptors (Lipinski definition) is 10. The quantitative estimate of drug-likeness (QED) is 0.0906. The van der Waals surface area contributed by atoms with Crippen LogP contribution in [0.1, 0.15) is 99.0 Å². The number of methoxy groups -OCH3 is 2. The van der Waals surface area contributed by atoms with E-state index in [2.05, 4.69) is 10.6 Å². The van der Waals surface area contributed by atoms with Crippen molar-refractivity contribution in [3.63, 3.8) is 0 Å². The summed E-state index contributed by atoms with van der Waals surface area (Å²) in [6, 6.07) is 4.92. The molecule has 17 nitrogen and oxygen atoms in total. The van der Waals surface area contributed by atoms with Gasteiger partial charge in [0.1, 0.15) is 18.1 Å². The number of imide groups is 1. The summed E-state index contributed by atoms with van der Waals surface area (Å²) in [5.74, 6) is -5.43. The maximum absolute atomic E-state index is 14.5. The Bertz CT molecular complexity index is 1820. The highest BCUT2D eigenvalue weighted by atomic mass is 16.5. The van der Waals surface area contributed by atoms with Gasteiger partial charge in [0, 0.05) is 66.4 Å². The predicted octanol–water partition coefficient (Wildman–Crippen LogP) is 3.44. The van der Waals surface area contributed by atoms with Crippen LogP contribution in [0.25, 0.3) is 0 Å². The molecule has 2 aliphatic rings. The number of carboxylic acids is 1. The van der Waals surface area contributed by atoms with Crippen LogP contribution < -0.4 is 10.6 Å². The Morgan fingerprint density at radius 3 is 2.02 bits per heavy atom. The molecule has 17 heteroatoms. The number of benzene rings is 1. The summed E-state index contributed by atoms with van der Waals surface area (Å²) in [7, 11) is 6.17. The molecule has 65 heavy (non-hydrogen) atoms. The van der Waals surface area contributed by atoms with Crippen molar-refractivity contribution in [3.05, 3.63) is 48.0 Å². The lowest BCUT2D eigenvalue weighted by Gasteiger charge is -2.41. The van der Waals surface area contributed by atoms with Crippen molar-refractivity contribution in [3.8, 4) is 0 Å². The first-order chi connectivity index (χ1) is 30.7. The van der Waals surface area contributed by atoms with Gasteiger partial charge in [0.15, 0.2) is 0 Å². The number of nitrogens with one attached hydrogen (secondary N) is 2. The molecule has 7 amide bonds. The van der Waals surface area contributed by atoms with Crippen LogP contribution in [-0.2, 0) is 54.3 Å². The summed E-state index contributed by atoms with van der Waals surface area (Å²) in [6.07, 6.45) is 3.75. The van der Waals surface area contributed by atoms with Crippen molar-refractivity contribution in [2.75, 3.05) is 41.4 Å². The van der Waals surface area contributed by atoms with Gasteiger partial charge in [-0.15, -0.1) is 0 Å². The average molecular weight is 911 g/mol. The van der Waals surface area contributed by atoms with Crippen LogP contribution in [-0.4, -0.2) is 156 Å². The first kappa shape index (κ1) is 54.2. The van der Waals surface area contributed by atoms with Crippen LogP contribution in [0, 0.1) is 23.7 Å². The van der Waals surface area contributed by atoms with Crippen LogP contribution in [0.2, 0.25) is 0 Å². The average Bonchev–Trinajstić information content (AvgIpc) is 3.88. The zero-order valence-electron chi connectivity index (χ0n) is 40.3. The van der Waals surface area contributed by atoms with E-state index in [0.29, 0.717) is 38.6 Å². The number of carbonyl (C=O) groups excluding carboxylic acids is 7. The van der Waals surface area contributed by atoms with Gasteiger partial charge in [-0.2, -0.15) is 0 Å². The van der Waals surface area contributed by atoms with Crippen molar-refractivity contribution in [1.82, 2.24) is 30.2 Å². The van der Waals surface area contributed by atoms with E-state index < -0.39 is 66.1 Å². The molecule has 2 aliphatic heterocycles. The third-order valence-electron chi connectivity index (χ3n) is 13.0. The molecule has 0 aromatic heterocycles. The Morgan fingerprint density at radius 1 is 0.846 bits per heavy atom. The molecule has 2 heterocycles. The Morgan fingerprint density at radius 2 is 1.48 bits per heavy atom. The van der Waals surface area contributed by atoms with E-state index in [1.54, 1.807) is 55.1 Å². The van der Waals surface area contributed by atoms with Crippen LogP contribution >= 0.6 is 0 Å². The predicted molar refractivity (Wildman–Crippen MR) is 244 cm³/mol. The van der Waals surface area contributed by atoms with Gasteiger partial charge in [-0.1, -0.05) is 85.2 Å². The number of rotatable bonds is 26. The number of carbonyl (C=O) groups is 8. The summed E-state index contributed by atoms with van der Waals surface area (Å²) in [5, 5.41) is 15.5. The maximum Gasteiger partial charge on any atom is 0.326 e. The highest BCUT2D eigenvalue weighted by Crippen LogP contribution is 2.30. The second kappa shape index (κ2) is 25.5. The molecule has 1 unspecified atom stereocenters. The van der Waals surface area contributed by atoms with Crippen molar-refractivity contribution < 1.29 is 52.9 Å². The first-order valence-corrected chi connectivity index (χ1v) is 23.0. The maximum atomic E-state index is 14.5. The number of ether oxygens (including phenoxy) is 2. The molecule has 0 radical (unpaired) electrons. The molecule has 3 N–H and O–H groups in total. The minimum Gasteiger partial charge on any atom is -0.480 e. The van der Waals surface area contributed by atoms with E-state index in [0.717, 1.165) is 10.5 Å². The van der Waals surface area contributed by atoms with E-state index in [4.69, 9.17) is 9.47 Å². The van der Waals surface area contributed by atoms with Gasteiger partial charge < -0.3 is 39.9 Å². The van der Waals surface area contributed by atoms with Gasteiger partial charge in [-0.05, 0) is 49.0 Å². The number of aliphatic carboxylic acids is 1. The zero-order valence-corrected chi connectivity index (χ0v) is 40.3. The molecule has 3 rings (SSSR count). The van der Waals surface area contributed by atoms with Crippen molar-refractivity contribution in [2.24, 2.45) is 23.7 Å². The molecular formula is C48H74N6O11. The molecule has 0 spiro atoms. The number of amides is 7. The Hall–Kier alpha value is -5.16. The van der Waals surface area contributed by atoms with Crippen molar-refractivity contribution in [2.45, 2.75) is 142 Å². The number of nitrogens with zero attached hydrogens (tertiary/aromatic N) is 4. The van der Waals surface area contributed by atoms with Gasteiger partial charge in [0.25, 0.3) is 11.8 Å². The van der Waals surface area contributed by atoms with Gasteiger partial charge in [0.05, 0.1) is 36.6 Å². The second-order valence-electron chi connectivity index (χ2n) is 18.2. The highest BCUT2D eigenvalue weighted by molar-refractivity contribution is 6.12. The largest absolute Gasteiger partial charge is 0.480 e. The Balaban J connectivity index is 1.73. The zero-order chi connectivity index (χ0) is 48.7. The van der Waals surface area contributed by atoms with Gasteiger partial charge in [-0.25, -0.2) is 4.79 Å². The highest BCUT2D eigenvalue weighted by Gasteiger charge is 2.44. The Labute approximate surface area is 385 Å². The molecule has 1 saturated heterocycles. The summed E-state index contributed by atoms with van der Waals surface area (Å²) in [6.45, 7) is 13.5. The lowest BCUT2D eigenvalue weighted by Crippen LogP contribution is -2.60. The van der Waals surface area contributed by atoms with Crippen LogP contribution in [0.3, 0.4) is 0 Å². The summed E-state index contributed by atoms with van der Waals surface area (Å²) in [4.78, 5) is 112. The topological polar surface area (TPSA) is 212 Å². The van der Waals surface area contributed by atoms with Gasteiger partial charge in [0.2, 0.25) is 29.5 Å². The van der Waals surface area contributed by atoms with Crippen molar-refractivity contribution >= 4 is 47.3 Å². The summed E-state index contributed by atoms with van der Waals surface area (Å²) < 4.78 is 11.9.